The van der Waals surface area contributed by atoms with Crippen molar-refractivity contribution in [3.8, 4) is 0 Å². The monoisotopic (exact) mass is 376 g/mol. The van der Waals surface area contributed by atoms with Crippen LogP contribution in [0.4, 0.5) is 0 Å². The number of hydrogen-bond donors (Lipinski definition) is 4. The van der Waals surface area contributed by atoms with Gasteiger partial charge < -0.3 is 26.8 Å². The largest absolute Gasteiger partial charge is 0.480 e. The van der Waals surface area contributed by atoms with Crippen molar-refractivity contribution in [1.82, 2.24) is 10.2 Å². The number of carbonyl (C=O) groups excluding carboxylic acids is 3. The maximum atomic E-state index is 13.0. The summed E-state index contributed by atoms with van der Waals surface area (Å²) >= 11 is 0. The van der Waals surface area contributed by atoms with Crippen LogP contribution < -0.4 is 16.8 Å². The second kappa shape index (κ2) is 9.13. The summed E-state index contributed by atoms with van der Waals surface area (Å²) in [6.45, 7) is 0.310. The summed E-state index contributed by atoms with van der Waals surface area (Å²) in [7, 11) is 0. The lowest BCUT2D eigenvalue weighted by Crippen LogP contribution is -2.55. The Kier molecular flexibility index (Phi) is 6.89. The second-order valence-electron chi connectivity index (χ2n) is 6.56. The van der Waals surface area contributed by atoms with Crippen LogP contribution in [0.3, 0.4) is 0 Å². The molecule has 1 aromatic carbocycles. The highest BCUT2D eigenvalue weighted by Crippen LogP contribution is 2.19. The Bertz CT molecular complexity index is 709. The fraction of sp³-hybridized carbons (Fsp3) is 0.444. The molecule has 2 rings (SSSR count). The summed E-state index contributed by atoms with van der Waals surface area (Å²) in [5.41, 5.74) is 11.5. The van der Waals surface area contributed by atoms with Gasteiger partial charge in [0.2, 0.25) is 17.7 Å². The second-order valence-corrected chi connectivity index (χ2v) is 6.56. The van der Waals surface area contributed by atoms with Crippen molar-refractivity contribution in [1.29, 1.82) is 0 Å². The lowest BCUT2D eigenvalue weighted by molar-refractivity contribution is -0.149. The number of nitrogens with one attached hydrogen (secondary N) is 1. The number of nitrogens with two attached hydrogens (primary N) is 2. The number of benzene rings is 1. The number of amides is 3. The van der Waals surface area contributed by atoms with Gasteiger partial charge in [0.25, 0.3) is 0 Å². The molecule has 146 valence electrons. The smallest absolute Gasteiger partial charge is 0.326 e. The molecular formula is C18H24N4O5. The SMILES string of the molecule is NC(=O)CC(N)C(=O)NC(Cc1ccccc1)C(=O)N1CCCC1C(=O)O. The molecule has 3 atom stereocenters. The molecular weight excluding hydrogens is 352 g/mol. The molecule has 1 saturated heterocycles. The maximum absolute atomic E-state index is 13.0. The van der Waals surface area contributed by atoms with E-state index in [-0.39, 0.29) is 12.8 Å². The lowest BCUT2D eigenvalue weighted by atomic mass is 10.0. The van der Waals surface area contributed by atoms with E-state index in [9.17, 15) is 24.3 Å². The minimum Gasteiger partial charge on any atom is -0.480 e. The number of nitrogens with zero attached hydrogens (tertiary/aromatic N) is 1. The lowest BCUT2D eigenvalue weighted by Gasteiger charge is -2.28. The fourth-order valence-electron chi connectivity index (χ4n) is 3.13. The molecule has 0 spiro atoms. The Hall–Kier alpha value is -2.94. The normalized spacial score (nSPS) is 18.6. The molecule has 0 radical (unpaired) electrons. The highest BCUT2D eigenvalue weighted by Gasteiger charge is 2.38. The van der Waals surface area contributed by atoms with Crippen LogP contribution in [0.2, 0.25) is 0 Å². The van der Waals surface area contributed by atoms with E-state index in [1.807, 2.05) is 6.07 Å². The molecule has 0 aromatic heterocycles. The van der Waals surface area contributed by atoms with E-state index in [1.165, 1.54) is 4.90 Å². The predicted molar refractivity (Wildman–Crippen MR) is 96.2 cm³/mol. The highest BCUT2D eigenvalue weighted by atomic mass is 16.4. The zero-order valence-electron chi connectivity index (χ0n) is 14.8. The van der Waals surface area contributed by atoms with Crippen LogP contribution in [0.5, 0.6) is 0 Å². The number of hydrogen-bond acceptors (Lipinski definition) is 5. The third kappa shape index (κ3) is 5.52. The quantitative estimate of drug-likeness (QED) is 0.455. The minimum atomic E-state index is -1.18. The van der Waals surface area contributed by atoms with Gasteiger partial charge in [-0.2, -0.15) is 0 Å². The Morgan fingerprint density at radius 1 is 1.22 bits per heavy atom. The van der Waals surface area contributed by atoms with E-state index in [0.29, 0.717) is 19.4 Å². The van der Waals surface area contributed by atoms with E-state index in [0.717, 1.165) is 5.56 Å². The standard InChI is InChI=1S/C18H24N4O5/c19-12(10-15(20)23)16(24)21-13(9-11-5-2-1-3-6-11)17(25)22-8-4-7-14(22)18(26)27/h1-3,5-6,12-14H,4,7-10,19H2,(H2,20,23)(H,21,24)(H,26,27). The van der Waals surface area contributed by atoms with Crippen LogP contribution in [-0.4, -0.2) is 58.4 Å². The van der Waals surface area contributed by atoms with Crippen molar-refractivity contribution in [3.05, 3.63) is 35.9 Å². The number of carboxylic acid groups (broad SMARTS) is 1. The van der Waals surface area contributed by atoms with Gasteiger partial charge in [0.05, 0.1) is 12.5 Å². The molecule has 3 unspecified atom stereocenters. The molecule has 9 nitrogen and oxygen atoms in total. The average molecular weight is 376 g/mol. The summed E-state index contributed by atoms with van der Waals surface area (Å²) in [6.07, 6.45) is 0.779. The first-order chi connectivity index (χ1) is 12.8. The Morgan fingerprint density at radius 3 is 2.48 bits per heavy atom. The van der Waals surface area contributed by atoms with Crippen molar-refractivity contribution >= 4 is 23.7 Å². The van der Waals surface area contributed by atoms with Crippen LogP contribution >= 0.6 is 0 Å². The molecule has 6 N–H and O–H groups in total. The summed E-state index contributed by atoms with van der Waals surface area (Å²) in [4.78, 5) is 48.9. The Morgan fingerprint density at radius 2 is 1.89 bits per heavy atom. The van der Waals surface area contributed by atoms with Crippen LogP contribution in [0.15, 0.2) is 30.3 Å². The van der Waals surface area contributed by atoms with Crippen molar-refractivity contribution in [3.63, 3.8) is 0 Å². The third-order valence-corrected chi connectivity index (χ3v) is 4.48. The van der Waals surface area contributed by atoms with Crippen molar-refractivity contribution < 1.29 is 24.3 Å². The molecule has 0 bridgehead atoms. The summed E-state index contributed by atoms with van der Waals surface area (Å²) in [5, 5.41) is 11.9. The number of carboxylic acids is 1. The number of aliphatic carboxylic acids is 1. The van der Waals surface area contributed by atoms with E-state index >= 15 is 0 Å². The highest BCUT2D eigenvalue weighted by molar-refractivity contribution is 5.93. The van der Waals surface area contributed by atoms with Crippen LogP contribution in [0.25, 0.3) is 0 Å². The maximum Gasteiger partial charge on any atom is 0.326 e. The summed E-state index contributed by atoms with van der Waals surface area (Å²) in [6, 6.07) is 5.94. The predicted octanol–water partition coefficient (Wildman–Crippen LogP) is -1.01. The number of rotatable bonds is 8. The Balaban J connectivity index is 2.18. The third-order valence-electron chi connectivity index (χ3n) is 4.48. The summed E-state index contributed by atoms with van der Waals surface area (Å²) in [5.74, 6) is -2.97. The van der Waals surface area contributed by atoms with E-state index in [2.05, 4.69) is 5.32 Å². The zero-order chi connectivity index (χ0) is 20.0. The first-order valence-corrected chi connectivity index (χ1v) is 8.71. The van der Waals surface area contributed by atoms with Crippen molar-refractivity contribution in [2.45, 2.75) is 43.8 Å². The van der Waals surface area contributed by atoms with E-state index in [1.54, 1.807) is 24.3 Å². The van der Waals surface area contributed by atoms with Gasteiger partial charge in [0.15, 0.2) is 0 Å². The molecule has 27 heavy (non-hydrogen) atoms. The molecule has 1 aromatic rings. The van der Waals surface area contributed by atoms with Gasteiger partial charge in [-0.1, -0.05) is 30.3 Å². The topological polar surface area (TPSA) is 156 Å². The fourth-order valence-corrected chi connectivity index (χ4v) is 3.13. The summed E-state index contributed by atoms with van der Waals surface area (Å²) < 4.78 is 0. The molecule has 0 aliphatic carbocycles. The van der Waals surface area contributed by atoms with Gasteiger partial charge in [0, 0.05) is 13.0 Å². The van der Waals surface area contributed by atoms with E-state index in [4.69, 9.17) is 11.5 Å². The van der Waals surface area contributed by atoms with Gasteiger partial charge in [0.1, 0.15) is 12.1 Å². The minimum absolute atomic E-state index is 0.178. The van der Waals surface area contributed by atoms with Crippen molar-refractivity contribution in [2.75, 3.05) is 6.54 Å². The molecule has 3 amide bonds. The molecule has 1 aliphatic rings. The van der Waals surface area contributed by atoms with E-state index < -0.39 is 41.8 Å². The van der Waals surface area contributed by atoms with Crippen molar-refractivity contribution in [2.24, 2.45) is 11.5 Å². The molecule has 9 heteroatoms. The van der Waals surface area contributed by atoms with Crippen LogP contribution in [-0.2, 0) is 25.6 Å². The number of primary amides is 1. The van der Waals surface area contributed by atoms with Gasteiger partial charge in [-0.25, -0.2) is 4.79 Å². The number of carbonyl (C=O) groups is 4. The first kappa shape index (κ1) is 20.4. The molecule has 1 aliphatic heterocycles. The molecule has 1 fully saturated rings. The average Bonchev–Trinajstić information content (AvgIpc) is 3.10. The molecule has 1 heterocycles. The van der Waals surface area contributed by atoms with Crippen LogP contribution in [0.1, 0.15) is 24.8 Å². The van der Waals surface area contributed by atoms with Gasteiger partial charge in [-0.3, -0.25) is 14.4 Å². The Labute approximate surface area is 156 Å². The number of likely N-dealkylation sites (tertiary alicyclic amines) is 1. The molecule has 0 saturated carbocycles. The van der Waals surface area contributed by atoms with Gasteiger partial charge in [-0.15, -0.1) is 0 Å². The van der Waals surface area contributed by atoms with Gasteiger partial charge in [-0.05, 0) is 18.4 Å². The van der Waals surface area contributed by atoms with Gasteiger partial charge >= 0.3 is 5.97 Å². The first-order valence-electron chi connectivity index (χ1n) is 8.71. The van der Waals surface area contributed by atoms with Crippen LogP contribution in [0, 0.1) is 0 Å². The zero-order valence-corrected chi connectivity index (χ0v) is 14.8.